The molecule has 0 saturated heterocycles. The molecule has 2 aromatic carbocycles. The molecule has 24 heavy (non-hydrogen) atoms. The van der Waals surface area contributed by atoms with Gasteiger partial charge in [0, 0.05) is 11.6 Å². The summed E-state index contributed by atoms with van der Waals surface area (Å²) in [5, 5.41) is 0. The molecule has 0 unspecified atom stereocenters. The van der Waals surface area contributed by atoms with Gasteiger partial charge in [0.25, 0.3) is 0 Å². The maximum absolute atomic E-state index is 4.85. The third-order valence-electron chi connectivity index (χ3n) is 4.51. The van der Waals surface area contributed by atoms with E-state index in [1.165, 1.54) is 5.56 Å². The van der Waals surface area contributed by atoms with Crippen molar-refractivity contribution in [2.45, 2.75) is 33.2 Å². The minimum absolute atomic E-state index is 0.306. The van der Waals surface area contributed by atoms with E-state index >= 15 is 0 Å². The lowest BCUT2D eigenvalue weighted by atomic mass is 10.1. The summed E-state index contributed by atoms with van der Waals surface area (Å²) in [7, 11) is 0. The van der Waals surface area contributed by atoms with E-state index in [-0.39, 0.29) is 0 Å². The van der Waals surface area contributed by atoms with Crippen LogP contribution >= 0.6 is 0 Å². The molecule has 2 heterocycles. The number of rotatable bonds is 3. The number of benzene rings is 2. The summed E-state index contributed by atoms with van der Waals surface area (Å²) in [6, 6.07) is 16.7. The van der Waals surface area contributed by atoms with Crippen LogP contribution in [0.25, 0.3) is 33.7 Å². The predicted octanol–water partition coefficient (Wildman–Crippen LogP) is 4.93. The number of hydrogen-bond donors (Lipinski definition) is 0. The maximum Gasteiger partial charge on any atom is 0.198 e. The minimum atomic E-state index is 0.306. The van der Waals surface area contributed by atoms with Crippen LogP contribution in [0.15, 0.2) is 48.5 Å². The molecule has 0 saturated carbocycles. The van der Waals surface area contributed by atoms with E-state index in [9.17, 15) is 0 Å². The number of aromatic nitrogens is 4. The van der Waals surface area contributed by atoms with Gasteiger partial charge in [-0.15, -0.1) is 0 Å². The molecule has 4 nitrogen and oxygen atoms in total. The molecular weight excluding hydrogens is 296 g/mol. The molecule has 120 valence electrons. The van der Waals surface area contributed by atoms with Gasteiger partial charge in [0.1, 0.15) is 5.82 Å². The summed E-state index contributed by atoms with van der Waals surface area (Å²) in [5.74, 6) is 0.943. The average Bonchev–Trinajstić information content (AvgIpc) is 2.97. The number of hydrogen-bond acceptors (Lipinski definition) is 3. The number of para-hydroxylation sites is 2. The van der Waals surface area contributed by atoms with Crippen molar-refractivity contribution < 1.29 is 0 Å². The first kappa shape index (κ1) is 14.8. The van der Waals surface area contributed by atoms with Crippen LogP contribution in [0, 0.1) is 6.92 Å². The highest BCUT2D eigenvalue weighted by atomic mass is 15.2. The smallest absolute Gasteiger partial charge is 0.198 e. The van der Waals surface area contributed by atoms with E-state index in [0.29, 0.717) is 11.7 Å². The van der Waals surface area contributed by atoms with Crippen LogP contribution in [0.4, 0.5) is 0 Å². The molecule has 0 N–H and O–H groups in total. The van der Waals surface area contributed by atoms with E-state index in [1.807, 2.05) is 24.3 Å². The Labute approximate surface area is 141 Å². The zero-order chi connectivity index (χ0) is 16.7. The van der Waals surface area contributed by atoms with Crippen LogP contribution in [0.5, 0.6) is 0 Å². The highest BCUT2D eigenvalue weighted by Gasteiger charge is 2.19. The summed E-state index contributed by atoms with van der Waals surface area (Å²) in [6.07, 6.45) is 1.01. The second kappa shape index (κ2) is 5.71. The maximum atomic E-state index is 4.85. The molecule has 0 aliphatic carbocycles. The molecule has 1 atom stereocenters. The number of nitrogens with zero attached hydrogens (tertiary/aromatic N) is 4. The summed E-state index contributed by atoms with van der Waals surface area (Å²) >= 11 is 0. The van der Waals surface area contributed by atoms with Crippen molar-refractivity contribution in [3.63, 3.8) is 0 Å². The predicted molar refractivity (Wildman–Crippen MR) is 98.0 cm³/mol. The third kappa shape index (κ3) is 2.35. The SMILES string of the molecule is CC[C@@H](C)n1c(-c2cccc(C)c2)nc2nc3ccccc3nc21. The van der Waals surface area contributed by atoms with Gasteiger partial charge in [-0.05, 0) is 38.5 Å². The van der Waals surface area contributed by atoms with Gasteiger partial charge >= 0.3 is 0 Å². The quantitative estimate of drug-likeness (QED) is 0.538. The Morgan fingerprint density at radius 1 is 0.958 bits per heavy atom. The fourth-order valence-corrected chi connectivity index (χ4v) is 3.06. The van der Waals surface area contributed by atoms with Crippen LogP contribution in [0.2, 0.25) is 0 Å². The topological polar surface area (TPSA) is 43.6 Å². The summed E-state index contributed by atoms with van der Waals surface area (Å²) in [5.41, 5.74) is 5.70. The largest absolute Gasteiger partial charge is 0.304 e. The Morgan fingerprint density at radius 2 is 1.71 bits per heavy atom. The Bertz CT molecular complexity index is 1030. The van der Waals surface area contributed by atoms with Gasteiger partial charge in [0.15, 0.2) is 11.3 Å². The molecule has 0 amide bonds. The first-order valence-corrected chi connectivity index (χ1v) is 8.39. The highest BCUT2D eigenvalue weighted by molar-refractivity contribution is 5.85. The van der Waals surface area contributed by atoms with Gasteiger partial charge < -0.3 is 4.57 Å². The van der Waals surface area contributed by atoms with E-state index in [4.69, 9.17) is 15.0 Å². The molecular formula is C20H20N4. The first-order chi connectivity index (χ1) is 11.7. The Hall–Kier alpha value is -2.75. The van der Waals surface area contributed by atoms with Crippen molar-refractivity contribution in [2.75, 3.05) is 0 Å². The summed E-state index contributed by atoms with van der Waals surface area (Å²) < 4.78 is 2.23. The van der Waals surface area contributed by atoms with Crippen LogP contribution in [-0.4, -0.2) is 19.5 Å². The zero-order valence-corrected chi connectivity index (χ0v) is 14.2. The van der Waals surface area contributed by atoms with Crippen molar-refractivity contribution in [3.8, 4) is 11.4 Å². The molecule has 0 fully saturated rings. The van der Waals surface area contributed by atoms with E-state index in [2.05, 4.69) is 49.6 Å². The fraction of sp³-hybridized carbons (Fsp3) is 0.250. The van der Waals surface area contributed by atoms with Crippen LogP contribution in [0.3, 0.4) is 0 Å². The monoisotopic (exact) mass is 316 g/mol. The molecule has 0 bridgehead atoms. The molecule has 0 aliphatic heterocycles. The van der Waals surface area contributed by atoms with Crippen molar-refractivity contribution in [2.24, 2.45) is 0 Å². The standard InChI is InChI=1S/C20H20N4/c1-4-14(3)24-19(15-9-7-8-13(2)12-15)23-18-20(24)22-17-11-6-5-10-16(17)21-18/h5-12,14H,4H2,1-3H3/t14-/m1/s1. The average molecular weight is 316 g/mol. The lowest BCUT2D eigenvalue weighted by molar-refractivity contribution is 0.547. The minimum Gasteiger partial charge on any atom is -0.304 e. The zero-order valence-electron chi connectivity index (χ0n) is 14.2. The van der Waals surface area contributed by atoms with Crippen LogP contribution in [0.1, 0.15) is 31.9 Å². The molecule has 4 rings (SSSR count). The molecule has 4 aromatic rings. The van der Waals surface area contributed by atoms with Crippen molar-refractivity contribution in [1.82, 2.24) is 19.5 Å². The van der Waals surface area contributed by atoms with E-state index < -0.39 is 0 Å². The first-order valence-electron chi connectivity index (χ1n) is 8.39. The lowest BCUT2D eigenvalue weighted by Crippen LogP contribution is -2.07. The summed E-state index contributed by atoms with van der Waals surface area (Å²) in [6.45, 7) is 6.49. The molecule has 0 aliphatic rings. The Morgan fingerprint density at radius 3 is 2.42 bits per heavy atom. The van der Waals surface area contributed by atoms with E-state index in [1.54, 1.807) is 0 Å². The van der Waals surface area contributed by atoms with Gasteiger partial charge in [0.2, 0.25) is 0 Å². The van der Waals surface area contributed by atoms with Gasteiger partial charge in [-0.25, -0.2) is 15.0 Å². The third-order valence-corrected chi connectivity index (χ3v) is 4.51. The summed E-state index contributed by atoms with van der Waals surface area (Å²) in [4.78, 5) is 14.4. The highest BCUT2D eigenvalue weighted by Crippen LogP contribution is 2.29. The Balaban J connectivity index is 2.06. The Kier molecular flexibility index (Phi) is 3.53. The second-order valence-electron chi connectivity index (χ2n) is 6.29. The van der Waals surface area contributed by atoms with E-state index in [0.717, 1.165) is 34.5 Å². The van der Waals surface area contributed by atoms with Crippen molar-refractivity contribution in [3.05, 3.63) is 54.1 Å². The van der Waals surface area contributed by atoms with Gasteiger partial charge in [-0.3, -0.25) is 0 Å². The fourth-order valence-electron chi connectivity index (χ4n) is 3.06. The lowest BCUT2D eigenvalue weighted by Gasteiger charge is -2.15. The number of imidazole rings is 1. The van der Waals surface area contributed by atoms with Crippen LogP contribution < -0.4 is 0 Å². The van der Waals surface area contributed by atoms with Crippen molar-refractivity contribution >= 4 is 22.3 Å². The van der Waals surface area contributed by atoms with Gasteiger partial charge in [-0.2, -0.15) is 0 Å². The molecule has 0 spiro atoms. The van der Waals surface area contributed by atoms with Gasteiger partial charge in [0.05, 0.1) is 11.0 Å². The normalized spacial score (nSPS) is 12.8. The number of fused-ring (bicyclic) bond motifs is 2. The van der Waals surface area contributed by atoms with Crippen molar-refractivity contribution in [1.29, 1.82) is 0 Å². The van der Waals surface area contributed by atoms with Gasteiger partial charge in [-0.1, -0.05) is 42.8 Å². The molecule has 4 heteroatoms. The second-order valence-corrected chi connectivity index (χ2v) is 6.29. The number of aryl methyl sites for hydroxylation is 1. The van der Waals surface area contributed by atoms with Crippen LogP contribution in [-0.2, 0) is 0 Å². The molecule has 0 radical (unpaired) electrons. The molecule has 2 aromatic heterocycles.